The van der Waals surface area contributed by atoms with Gasteiger partial charge < -0.3 is 19.7 Å². The zero-order chi connectivity index (χ0) is 32.0. The second-order valence-electron chi connectivity index (χ2n) is 10.8. The number of hydrogen-bond donors (Lipinski definition) is 1. The minimum Gasteiger partial charge on any atom is -0.456 e. The van der Waals surface area contributed by atoms with Crippen LogP contribution in [0, 0.1) is 6.92 Å². The van der Waals surface area contributed by atoms with Crippen molar-refractivity contribution >= 4 is 23.8 Å². The van der Waals surface area contributed by atoms with Crippen LogP contribution in [0.5, 0.6) is 5.75 Å². The molecule has 1 fully saturated rings. The van der Waals surface area contributed by atoms with E-state index in [1.165, 1.54) is 17.0 Å². The summed E-state index contributed by atoms with van der Waals surface area (Å²) in [6, 6.07) is 17.0. The molecule has 236 valence electrons. The van der Waals surface area contributed by atoms with E-state index in [4.69, 9.17) is 4.74 Å². The lowest BCUT2D eigenvalue weighted by molar-refractivity contribution is -0.274. The Labute approximate surface area is 251 Å². The topological polar surface area (TPSA) is 67.9 Å². The molecule has 0 unspecified atom stereocenters. The summed E-state index contributed by atoms with van der Waals surface area (Å²) < 4.78 is 87.5. The number of aryl methyl sites for hydroxylation is 1. The number of ether oxygens (including phenoxy) is 2. The van der Waals surface area contributed by atoms with Crippen molar-refractivity contribution in [3.05, 3.63) is 89.0 Å². The van der Waals surface area contributed by atoms with Crippen molar-refractivity contribution in [2.45, 2.75) is 70.1 Å². The fraction of sp³-hybridized carbons (Fsp3) is 0.375. The summed E-state index contributed by atoms with van der Waals surface area (Å²) >= 11 is 0. The third-order valence-electron chi connectivity index (χ3n) is 7.50. The molecular formula is C32H32F6N2O4. The van der Waals surface area contributed by atoms with Crippen molar-refractivity contribution in [3.63, 3.8) is 0 Å². The van der Waals surface area contributed by atoms with Crippen LogP contribution in [0.15, 0.2) is 66.7 Å². The number of nitrogens with one attached hydrogen (secondary N) is 1. The number of amides is 1. The molecule has 0 heterocycles. The van der Waals surface area contributed by atoms with Gasteiger partial charge in [-0.05, 0) is 73.6 Å². The molecule has 12 heteroatoms. The highest BCUT2D eigenvalue weighted by Gasteiger charge is 2.38. The van der Waals surface area contributed by atoms with E-state index in [1.54, 1.807) is 30.3 Å². The Morgan fingerprint density at radius 3 is 2.16 bits per heavy atom. The number of alkyl halides is 6. The molecular weight excluding hydrogens is 590 g/mol. The molecule has 1 aliphatic rings. The largest absolute Gasteiger partial charge is 0.573 e. The highest BCUT2D eigenvalue weighted by molar-refractivity contribution is 5.96. The third kappa shape index (κ3) is 9.14. The molecule has 1 saturated carbocycles. The summed E-state index contributed by atoms with van der Waals surface area (Å²) in [6.07, 6.45) is -7.87. The first kappa shape index (κ1) is 32.7. The van der Waals surface area contributed by atoms with Gasteiger partial charge in [0.25, 0.3) is 6.47 Å². The van der Waals surface area contributed by atoms with Crippen LogP contribution < -0.4 is 15.0 Å². The van der Waals surface area contributed by atoms with Gasteiger partial charge in [-0.15, -0.1) is 13.2 Å². The normalized spacial score (nSPS) is 14.6. The summed E-state index contributed by atoms with van der Waals surface area (Å²) in [4.78, 5) is 26.0. The lowest BCUT2D eigenvalue weighted by Gasteiger charge is -2.31. The van der Waals surface area contributed by atoms with Crippen molar-refractivity contribution in [1.29, 1.82) is 0 Å². The Morgan fingerprint density at radius 1 is 0.932 bits per heavy atom. The summed E-state index contributed by atoms with van der Waals surface area (Å²) in [5.41, 5.74) is 2.32. The van der Waals surface area contributed by atoms with Crippen molar-refractivity contribution in [2.24, 2.45) is 0 Å². The molecule has 0 aromatic heterocycles. The molecule has 1 aliphatic carbocycles. The average molecular weight is 623 g/mol. The van der Waals surface area contributed by atoms with Gasteiger partial charge in [0.15, 0.2) is 0 Å². The second kappa shape index (κ2) is 13.6. The second-order valence-corrected chi connectivity index (χ2v) is 10.8. The van der Waals surface area contributed by atoms with Crippen LogP contribution in [-0.4, -0.2) is 31.5 Å². The van der Waals surface area contributed by atoms with E-state index in [2.05, 4.69) is 10.1 Å². The summed E-state index contributed by atoms with van der Waals surface area (Å²) in [6.45, 7) is 1.67. The van der Waals surface area contributed by atoms with Gasteiger partial charge in [-0.25, -0.2) is 0 Å². The number of carbonyl (C=O) groups excluding carboxylic acids is 2. The highest BCUT2D eigenvalue weighted by Crippen LogP contribution is 2.44. The number of halogens is 6. The number of hydrogen-bond acceptors (Lipinski definition) is 5. The van der Waals surface area contributed by atoms with E-state index < -0.39 is 42.8 Å². The maximum absolute atomic E-state index is 13.4. The van der Waals surface area contributed by atoms with E-state index in [9.17, 15) is 35.9 Å². The van der Waals surface area contributed by atoms with Gasteiger partial charge >= 0.3 is 12.5 Å². The minimum absolute atomic E-state index is 0.00312. The van der Waals surface area contributed by atoms with Gasteiger partial charge in [-0.2, -0.15) is 13.2 Å². The first-order valence-electron chi connectivity index (χ1n) is 14.0. The molecule has 3 aromatic rings. The molecule has 0 aliphatic heterocycles. The summed E-state index contributed by atoms with van der Waals surface area (Å²) in [7, 11) is 0. The standard InChI is InChI=1S/C32H32F6N2O4/c1-22-4-6-23(7-5-22)18-29(42)39-27-19-25(30(43-21-41)14-2-3-15-30)10-13-28(27)40(17-16-31(33,34)35)20-24-8-11-26(12-9-24)44-32(36,37)38/h4-13,19,21H,2-3,14-18,20H2,1H3,(H,39,42). The average Bonchev–Trinajstić information content (AvgIpc) is 3.42. The molecule has 44 heavy (non-hydrogen) atoms. The Morgan fingerprint density at radius 2 is 1.57 bits per heavy atom. The van der Waals surface area contributed by atoms with Gasteiger partial charge in [-0.1, -0.05) is 48.0 Å². The van der Waals surface area contributed by atoms with E-state index in [0.717, 1.165) is 36.1 Å². The predicted molar refractivity (Wildman–Crippen MR) is 152 cm³/mol. The van der Waals surface area contributed by atoms with Crippen molar-refractivity contribution < 1.29 is 45.4 Å². The molecule has 0 spiro atoms. The number of anilines is 2. The van der Waals surface area contributed by atoms with Gasteiger partial charge in [0, 0.05) is 13.1 Å². The first-order valence-corrected chi connectivity index (χ1v) is 14.0. The smallest absolute Gasteiger partial charge is 0.456 e. The van der Waals surface area contributed by atoms with Crippen molar-refractivity contribution in [1.82, 2.24) is 0 Å². The van der Waals surface area contributed by atoms with Crippen LogP contribution in [0.2, 0.25) is 0 Å². The van der Waals surface area contributed by atoms with Crippen LogP contribution >= 0.6 is 0 Å². The van der Waals surface area contributed by atoms with Crippen LogP contribution in [0.4, 0.5) is 37.7 Å². The monoisotopic (exact) mass is 622 g/mol. The Hall–Kier alpha value is -4.22. The van der Waals surface area contributed by atoms with Gasteiger partial charge in [0.1, 0.15) is 11.4 Å². The van der Waals surface area contributed by atoms with Crippen LogP contribution in [0.3, 0.4) is 0 Å². The third-order valence-corrected chi connectivity index (χ3v) is 7.50. The quantitative estimate of drug-likeness (QED) is 0.164. The van der Waals surface area contributed by atoms with Crippen molar-refractivity contribution in [3.8, 4) is 5.75 Å². The Kier molecular flexibility index (Phi) is 10.1. The number of benzene rings is 3. The number of rotatable bonds is 12. The SMILES string of the molecule is Cc1ccc(CC(=O)Nc2cc(C3(OC=O)CCCC3)ccc2N(CCC(F)(F)F)Cc2ccc(OC(F)(F)F)cc2)cc1. The number of carbonyl (C=O) groups is 2. The fourth-order valence-corrected chi connectivity index (χ4v) is 5.36. The number of nitrogens with zero attached hydrogens (tertiary/aromatic N) is 1. The molecule has 1 N–H and O–H groups in total. The molecule has 3 aromatic carbocycles. The predicted octanol–water partition coefficient (Wildman–Crippen LogP) is 7.98. The zero-order valence-corrected chi connectivity index (χ0v) is 23.9. The maximum atomic E-state index is 13.4. The lowest BCUT2D eigenvalue weighted by Crippen LogP contribution is -2.30. The molecule has 0 atom stereocenters. The minimum atomic E-state index is -4.89. The molecule has 1 amide bonds. The van der Waals surface area contributed by atoms with Crippen LogP contribution in [0.1, 0.15) is 54.4 Å². The van der Waals surface area contributed by atoms with E-state index in [1.807, 2.05) is 19.1 Å². The molecule has 6 nitrogen and oxygen atoms in total. The van der Waals surface area contributed by atoms with Gasteiger partial charge in [0.2, 0.25) is 5.91 Å². The zero-order valence-electron chi connectivity index (χ0n) is 23.9. The van der Waals surface area contributed by atoms with Crippen molar-refractivity contribution in [2.75, 3.05) is 16.8 Å². The van der Waals surface area contributed by atoms with Gasteiger partial charge in [0.05, 0.1) is 24.2 Å². The molecule has 0 bridgehead atoms. The summed E-state index contributed by atoms with van der Waals surface area (Å²) in [5, 5.41) is 2.84. The van der Waals surface area contributed by atoms with E-state index in [0.29, 0.717) is 30.4 Å². The maximum Gasteiger partial charge on any atom is 0.573 e. The summed E-state index contributed by atoms with van der Waals surface area (Å²) in [5.74, 6) is -0.873. The first-order chi connectivity index (χ1) is 20.7. The van der Waals surface area contributed by atoms with E-state index >= 15 is 0 Å². The van der Waals surface area contributed by atoms with E-state index in [-0.39, 0.29) is 24.3 Å². The Balaban J connectivity index is 1.70. The molecule has 0 saturated heterocycles. The van der Waals surface area contributed by atoms with Gasteiger partial charge in [-0.3, -0.25) is 9.59 Å². The van der Waals surface area contributed by atoms with Crippen LogP contribution in [-0.2, 0) is 32.9 Å². The fourth-order valence-electron chi connectivity index (χ4n) is 5.36. The molecule has 0 radical (unpaired) electrons. The molecule has 4 rings (SSSR count). The Bertz CT molecular complexity index is 1420. The lowest BCUT2D eigenvalue weighted by atomic mass is 9.91. The van der Waals surface area contributed by atoms with Crippen LogP contribution in [0.25, 0.3) is 0 Å². The highest BCUT2D eigenvalue weighted by atomic mass is 19.4.